The van der Waals surface area contributed by atoms with Gasteiger partial charge < -0.3 is 4.42 Å². The van der Waals surface area contributed by atoms with Crippen LogP contribution >= 0.6 is 0 Å². The number of carbonyl (C=O) groups is 1. The molecule has 132 valence electrons. The van der Waals surface area contributed by atoms with Gasteiger partial charge in [0.2, 0.25) is 0 Å². The maximum Gasteiger partial charge on any atom is 0.333 e. The molecule has 0 fully saturated rings. The van der Waals surface area contributed by atoms with E-state index >= 15 is 0 Å². The van der Waals surface area contributed by atoms with Crippen molar-refractivity contribution in [2.75, 3.05) is 0 Å². The standard InChI is InChI=1S/C18H16N4O4/c1-10(11(2)23)22-16(24)14-15(20(3)18(22)25)19-17-21(14)9-13(26-17)12-7-5-4-6-8-12/h4-10H,1-3H3/t10-/m1/s1. The predicted octanol–water partition coefficient (Wildman–Crippen LogP) is 1.76. The monoisotopic (exact) mass is 352 g/mol. The summed E-state index contributed by atoms with van der Waals surface area (Å²) in [4.78, 5) is 41.5. The highest BCUT2D eigenvalue weighted by atomic mass is 16.4. The molecule has 4 aromatic rings. The molecule has 0 aliphatic carbocycles. The van der Waals surface area contributed by atoms with Crippen molar-refractivity contribution >= 4 is 22.8 Å². The molecule has 1 aromatic carbocycles. The third kappa shape index (κ3) is 2.15. The van der Waals surface area contributed by atoms with Crippen LogP contribution in [0.2, 0.25) is 0 Å². The van der Waals surface area contributed by atoms with Gasteiger partial charge in [-0.15, -0.1) is 0 Å². The average Bonchev–Trinajstić information content (AvgIpc) is 3.18. The number of aromatic nitrogens is 4. The number of aryl methyl sites for hydroxylation is 1. The normalized spacial score (nSPS) is 12.7. The lowest BCUT2D eigenvalue weighted by molar-refractivity contribution is -0.119. The van der Waals surface area contributed by atoms with E-state index in [0.29, 0.717) is 5.76 Å². The Morgan fingerprint density at radius 1 is 1.19 bits per heavy atom. The van der Waals surface area contributed by atoms with Crippen LogP contribution in [0.4, 0.5) is 0 Å². The first-order valence-corrected chi connectivity index (χ1v) is 8.09. The second-order valence-corrected chi connectivity index (χ2v) is 6.20. The fourth-order valence-corrected chi connectivity index (χ4v) is 2.98. The largest absolute Gasteiger partial charge is 0.423 e. The summed E-state index contributed by atoms with van der Waals surface area (Å²) in [6, 6.07) is 8.55. The molecule has 8 nitrogen and oxygen atoms in total. The molecule has 3 heterocycles. The van der Waals surface area contributed by atoms with Gasteiger partial charge in [-0.2, -0.15) is 4.98 Å². The predicted molar refractivity (Wildman–Crippen MR) is 95.3 cm³/mol. The van der Waals surface area contributed by atoms with E-state index < -0.39 is 17.3 Å². The molecule has 4 rings (SSSR count). The van der Waals surface area contributed by atoms with Crippen molar-refractivity contribution in [2.45, 2.75) is 19.9 Å². The fraction of sp³-hybridized carbons (Fsp3) is 0.222. The van der Waals surface area contributed by atoms with Gasteiger partial charge in [-0.25, -0.2) is 9.36 Å². The van der Waals surface area contributed by atoms with Crippen molar-refractivity contribution in [3.63, 3.8) is 0 Å². The van der Waals surface area contributed by atoms with E-state index in [-0.39, 0.29) is 22.8 Å². The number of imidazole rings is 1. The van der Waals surface area contributed by atoms with E-state index in [0.717, 1.165) is 10.1 Å². The van der Waals surface area contributed by atoms with Crippen LogP contribution in [-0.2, 0) is 11.8 Å². The Bertz CT molecular complexity index is 1270. The van der Waals surface area contributed by atoms with Gasteiger partial charge in [0.1, 0.15) is 0 Å². The van der Waals surface area contributed by atoms with E-state index in [1.807, 2.05) is 30.3 Å². The minimum absolute atomic E-state index is 0.195. The Balaban J connectivity index is 2.08. The SMILES string of the molecule is CC(=O)[C@@H](C)n1c(=O)c2c(nc3oc(-c4ccccc4)cn32)n(C)c1=O. The number of carbonyl (C=O) groups excluding carboxylic acids is 1. The molecule has 8 heteroatoms. The van der Waals surface area contributed by atoms with Crippen LogP contribution in [0.5, 0.6) is 0 Å². The van der Waals surface area contributed by atoms with Crippen molar-refractivity contribution in [1.29, 1.82) is 0 Å². The Morgan fingerprint density at radius 2 is 1.88 bits per heavy atom. The number of fused-ring (bicyclic) bond motifs is 3. The summed E-state index contributed by atoms with van der Waals surface area (Å²) in [7, 11) is 1.51. The lowest BCUT2D eigenvalue weighted by Crippen LogP contribution is -2.42. The second kappa shape index (κ2) is 5.55. The van der Waals surface area contributed by atoms with Gasteiger partial charge >= 0.3 is 11.5 Å². The summed E-state index contributed by atoms with van der Waals surface area (Å²) >= 11 is 0. The number of oxazole rings is 1. The molecule has 0 radical (unpaired) electrons. The highest BCUT2D eigenvalue weighted by Crippen LogP contribution is 2.24. The quantitative estimate of drug-likeness (QED) is 0.560. The molecule has 0 saturated carbocycles. The summed E-state index contributed by atoms with van der Waals surface area (Å²) in [6.45, 7) is 2.87. The third-order valence-corrected chi connectivity index (χ3v) is 4.57. The summed E-state index contributed by atoms with van der Waals surface area (Å²) in [5.74, 6) is 0.482. The van der Waals surface area contributed by atoms with Crippen LogP contribution in [0.1, 0.15) is 19.9 Å². The highest BCUT2D eigenvalue weighted by molar-refractivity contribution is 5.80. The van der Waals surface area contributed by atoms with Gasteiger partial charge in [-0.3, -0.25) is 18.6 Å². The van der Waals surface area contributed by atoms with E-state index in [1.165, 1.54) is 29.9 Å². The molecular formula is C18H16N4O4. The molecule has 0 saturated heterocycles. The van der Waals surface area contributed by atoms with Crippen molar-refractivity contribution in [1.82, 2.24) is 18.5 Å². The fourth-order valence-electron chi connectivity index (χ4n) is 2.98. The molecule has 0 spiro atoms. The second-order valence-electron chi connectivity index (χ2n) is 6.20. The Hall–Kier alpha value is -3.42. The molecule has 0 unspecified atom stereocenters. The molecule has 0 aliphatic heterocycles. The van der Waals surface area contributed by atoms with Gasteiger partial charge in [0.25, 0.3) is 5.56 Å². The number of hydrogen-bond donors (Lipinski definition) is 0. The van der Waals surface area contributed by atoms with Crippen molar-refractivity contribution in [3.8, 4) is 11.3 Å². The smallest absolute Gasteiger partial charge is 0.333 e. The molecule has 0 aliphatic rings. The molecule has 26 heavy (non-hydrogen) atoms. The topological polar surface area (TPSA) is 91.5 Å². The zero-order valence-electron chi connectivity index (χ0n) is 14.5. The lowest BCUT2D eigenvalue weighted by atomic mass is 10.2. The Kier molecular flexibility index (Phi) is 3.43. The Labute approximate surface area is 146 Å². The summed E-state index contributed by atoms with van der Waals surface area (Å²) in [6.07, 6.45) is 1.66. The minimum atomic E-state index is -0.864. The lowest BCUT2D eigenvalue weighted by Gasteiger charge is -2.12. The summed E-state index contributed by atoms with van der Waals surface area (Å²) in [5.41, 5.74) is 0.0906. The van der Waals surface area contributed by atoms with Crippen LogP contribution in [0.25, 0.3) is 28.3 Å². The van der Waals surface area contributed by atoms with Crippen molar-refractivity contribution in [3.05, 3.63) is 57.4 Å². The molecule has 3 aromatic heterocycles. The molecule has 1 atom stereocenters. The first-order valence-electron chi connectivity index (χ1n) is 8.09. The number of rotatable bonds is 3. The molecule has 0 amide bonds. The van der Waals surface area contributed by atoms with Crippen molar-refractivity contribution < 1.29 is 9.21 Å². The first kappa shape index (κ1) is 16.1. The van der Waals surface area contributed by atoms with Crippen LogP contribution in [0, 0.1) is 0 Å². The van der Waals surface area contributed by atoms with Gasteiger partial charge in [-0.05, 0) is 13.8 Å². The maximum atomic E-state index is 13.0. The number of benzene rings is 1. The van der Waals surface area contributed by atoms with E-state index in [2.05, 4.69) is 4.98 Å². The van der Waals surface area contributed by atoms with Crippen LogP contribution < -0.4 is 11.2 Å². The maximum absolute atomic E-state index is 13.0. The first-order chi connectivity index (χ1) is 12.4. The number of ketones is 1. The van der Waals surface area contributed by atoms with E-state index in [4.69, 9.17) is 4.42 Å². The summed E-state index contributed by atoms with van der Waals surface area (Å²) < 4.78 is 9.48. The van der Waals surface area contributed by atoms with E-state index in [9.17, 15) is 14.4 Å². The van der Waals surface area contributed by atoms with Gasteiger partial charge in [0.15, 0.2) is 22.7 Å². The van der Waals surface area contributed by atoms with Gasteiger partial charge in [-0.1, -0.05) is 30.3 Å². The van der Waals surface area contributed by atoms with Crippen LogP contribution in [-0.4, -0.2) is 24.3 Å². The molecule has 0 bridgehead atoms. The van der Waals surface area contributed by atoms with Crippen molar-refractivity contribution in [2.24, 2.45) is 7.05 Å². The highest BCUT2D eigenvalue weighted by Gasteiger charge is 2.23. The van der Waals surface area contributed by atoms with Crippen LogP contribution in [0.3, 0.4) is 0 Å². The molecular weight excluding hydrogens is 336 g/mol. The number of Topliss-reactive ketones (excluding diaryl/α,β-unsaturated/α-hetero) is 1. The zero-order valence-corrected chi connectivity index (χ0v) is 14.5. The van der Waals surface area contributed by atoms with Gasteiger partial charge in [0.05, 0.1) is 12.2 Å². The third-order valence-electron chi connectivity index (χ3n) is 4.57. The van der Waals surface area contributed by atoms with Crippen LogP contribution in [0.15, 0.2) is 50.5 Å². The zero-order chi connectivity index (χ0) is 18.6. The number of nitrogens with zero attached hydrogens (tertiary/aromatic N) is 4. The average molecular weight is 352 g/mol. The Morgan fingerprint density at radius 3 is 2.54 bits per heavy atom. The van der Waals surface area contributed by atoms with Gasteiger partial charge in [0, 0.05) is 12.6 Å². The summed E-state index contributed by atoms with van der Waals surface area (Å²) in [5, 5.41) is 0. The van der Waals surface area contributed by atoms with E-state index in [1.54, 1.807) is 6.20 Å². The molecule has 0 N–H and O–H groups in total. The minimum Gasteiger partial charge on any atom is -0.423 e. The number of hydrogen-bond acceptors (Lipinski definition) is 5.